The SMILES string of the molecule is COc1ccc(C(N)c2cc(C)cc(C)c2)c(C)c1. The Bertz CT molecular complexity index is 570. The highest BCUT2D eigenvalue weighted by Crippen LogP contribution is 2.26. The summed E-state index contributed by atoms with van der Waals surface area (Å²) in [5.41, 5.74) is 12.4. The van der Waals surface area contributed by atoms with Crippen molar-refractivity contribution >= 4 is 0 Å². The molecule has 2 aromatic carbocycles. The number of hydrogen-bond donors (Lipinski definition) is 1. The molecule has 0 aliphatic rings. The van der Waals surface area contributed by atoms with Crippen molar-refractivity contribution in [1.82, 2.24) is 0 Å². The summed E-state index contributed by atoms with van der Waals surface area (Å²) < 4.78 is 5.23. The molecule has 1 unspecified atom stereocenters. The molecule has 0 aliphatic heterocycles. The van der Waals surface area contributed by atoms with E-state index >= 15 is 0 Å². The van der Waals surface area contributed by atoms with Crippen LogP contribution in [0, 0.1) is 20.8 Å². The third-order valence-corrected chi connectivity index (χ3v) is 3.42. The number of rotatable bonds is 3. The van der Waals surface area contributed by atoms with Crippen LogP contribution in [-0.2, 0) is 0 Å². The number of nitrogens with two attached hydrogens (primary N) is 1. The van der Waals surface area contributed by atoms with Crippen LogP contribution in [0.1, 0.15) is 33.9 Å². The molecule has 2 heteroatoms. The average molecular weight is 255 g/mol. The summed E-state index contributed by atoms with van der Waals surface area (Å²) in [6.45, 7) is 6.27. The van der Waals surface area contributed by atoms with Gasteiger partial charge in [-0.15, -0.1) is 0 Å². The van der Waals surface area contributed by atoms with Crippen molar-refractivity contribution in [3.05, 3.63) is 64.2 Å². The minimum atomic E-state index is -0.0930. The quantitative estimate of drug-likeness (QED) is 0.908. The molecule has 1 atom stereocenters. The van der Waals surface area contributed by atoms with E-state index < -0.39 is 0 Å². The third kappa shape index (κ3) is 2.96. The number of aryl methyl sites for hydroxylation is 3. The van der Waals surface area contributed by atoms with E-state index in [2.05, 4.69) is 45.0 Å². The van der Waals surface area contributed by atoms with Crippen molar-refractivity contribution in [3.63, 3.8) is 0 Å². The summed E-state index contributed by atoms with van der Waals surface area (Å²) in [6.07, 6.45) is 0. The van der Waals surface area contributed by atoms with E-state index in [1.54, 1.807) is 7.11 Å². The maximum absolute atomic E-state index is 6.41. The maximum atomic E-state index is 6.41. The molecule has 0 aromatic heterocycles. The summed E-state index contributed by atoms with van der Waals surface area (Å²) in [4.78, 5) is 0. The summed E-state index contributed by atoms with van der Waals surface area (Å²) >= 11 is 0. The standard InChI is InChI=1S/C17H21NO/c1-11-7-12(2)9-14(8-11)17(18)16-6-5-15(19-4)10-13(16)3/h5-10,17H,18H2,1-4H3. The monoisotopic (exact) mass is 255 g/mol. The van der Waals surface area contributed by atoms with E-state index in [9.17, 15) is 0 Å². The summed E-state index contributed by atoms with van der Waals surface area (Å²) in [7, 11) is 1.68. The zero-order valence-corrected chi connectivity index (χ0v) is 12.0. The van der Waals surface area contributed by atoms with Crippen LogP contribution in [0.5, 0.6) is 5.75 Å². The fourth-order valence-electron chi connectivity index (χ4n) is 2.49. The predicted molar refractivity (Wildman–Crippen MR) is 79.7 cm³/mol. The van der Waals surface area contributed by atoms with Gasteiger partial charge in [0.2, 0.25) is 0 Å². The predicted octanol–water partition coefficient (Wildman–Crippen LogP) is 3.67. The normalized spacial score (nSPS) is 12.3. The van der Waals surface area contributed by atoms with Crippen molar-refractivity contribution < 1.29 is 4.74 Å². The Hall–Kier alpha value is -1.80. The van der Waals surface area contributed by atoms with Crippen LogP contribution in [0.25, 0.3) is 0 Å². The van der Waals surface area contributed by atoms with Crippen LogP contribution in [-0.4, -0.2) is 7.11 Å². The topological polar surface area (TPSA) is 35.2 Å². The number of benzene rings is 2. The lowest BCUT2D eigenvalue weighted by molar-refractivity contribution is 0.414. The lowest BCUT2D eigenvalue weighted by Gasteiger charge is -2.17. The van der Waals surface area contributed by atoms with Gasteiger partial charge >= 0.3 is 0 Å². The molecule has 0 spiro atoms. The van der Waals surface area contributed by atoms with Gasteiger partial charge in [-0.2, -0.15) is 0 Å². The Morgan fingerprint density at radius 1 is 0.947 bits per heavy atom. The molecule has 2 N–H and O–H groups in total. The molecule has 0 saturated carbocycles. The van der Waals surface area contributed by atoms with Crippen molar-refractivity contribution in [2.75, 3.05) is 7.11 Å². The molecular formula is C17H21NO. The van der Waals surface area contributed by atoms with Gasteiger partial charge in [0, 0.05) is 0 Å². The van der Waals surface area contributed by atoms with Gasteiger partial charge in [-0.25, -0.2) is 0 Å². The molecule has 2 aromatic rings. The van der Waals surface area contributed by atoms with E-state index in [4.69, 9.17) is 10.5 Å². The number of methoxy groups -OCH3 is 1. The van der Waals surface area contributed by atoms with Crippen LogP contribution in [0.15, 0.2) is 36.4 Å². The highest BCUT2D eigenvalue weighted by molar-refractivity contribution is 5.42. The van der Waals surface area contributed by atoms with Gasteiger partial charge < -0.3 is 10.5 Å². The van der Waals surface area contributed by atoms with Crippen LogP contribution >= 0.6 is 0 Å². The van der Waals surface area contributed by atoms with Crippen LogP contribution < -0.4 is 10.5 Å². The summed E-state index contributed by atoms with van der Waals surface area (Å²) in [6, 6.07) is 12.4. The van der Waals surface area contributed by atoms with Crippen molar-refractivity contribution in [2.24, 2.45) is 5.73 Å². The first kappa shape index (κ1) is 13.6. The van der Waals surface area contributed by atoms with E-state index in [-0.39, 0.29) is 6.04 Å². The smallest absolute Gasteiger partial charge is 0.119 e. The minimum Gasteiger partial charge on any atom is -0.497 e. The molecule has 0 aliphatic carbocycles. The fraction of sp³-hybridized carbons (Fsp3) is 0.294. The first-order valence-corrected chi connectivity index (χ1v) is 6.49. The minimum absolute atomic E-state index is 0.0930. The molecule has 0 amide bonds. The highest BCUT2D eigenvalue weighted by atomic mass is 16.5. The second-order valence-corrected chi connectivity index (χ2v) is 5.12. The molecule has 2 rings (SSSR count). The molecule has 0 radical (unpaired) electrons. The highest BCUT2D eigenvalue weighted by Gasteiger charge is 2.12. The molecule has 0 saturated heterocycles. The van der Waals surface area contributed by atoms with Gasteiger partial charge in [-0.3, -0.25) is 0 Å². The van der Waals surface area contributed by atoms with Crippen LogP contribution in [0.3, 0.4) is 0 Å². The maximum Gasteiger partial charge on any atom is 0.119 e. The molecule has 0 heterocycles. The van der Waals surface area contributed by atoms with E-state index in [1.165, 1.54) is 11.1 Å². The van der Waals surface area contributed by atoms with E-state index in [1.807, 2.05) is 12.1 Å². The van der Waals surface area contributed by atoms with Gasteiger partial charge in [0.15, 0.2) is 0 Å². The molecular weight excluding hydrogens is 234 g/mol. The Labute approximate surface area is 115 Å². The molecule has 19 heavy (non-hydrogen) atoms. The van der Waals surface area contributed by atoms with Crippen LogP contribution in [0.4, 0.5) is 0 Å². The molecule has 100 valence electrons. The van der Waals surface area contributed by atoms with Gasteiger partial charge in [-0.1, -0.05) is 35.4 Å². The first-order chi connectivity index (χ1) is 9.01. The second-order valence-electron chi connectivity index (χ2n) is 5.12. The zero-order chi connectivity index (χ0) is 14.0. The molecule has 0 fully saturated rings. The van der Waals surface area contributed by atoms with Crippen LogP contribution in [0.2, 0.25) is 0 Å². The lowest BCUT2D eigenvalue weighted by Crippen LogP contribution is -2.13. The van der Waals surface area contributed by atoms with Gasteiger partial charge in [0.1, 0.15) is 5.75 Å². The zero-order valence-electron chi connectivity index (χ0n) is 12.0. The van der Waals surface area contributed by atoms with Crippen molar-refractivity contribution in [2.45, 2.75) is 26.8 Å². The van der Waals surface area contributed by atoms with Gasteiger partial charge in [0.05, 0.1) is 13.2 Å². The molecule has 0 bridgehead atoms. The van der Waals surface area contributed by atoms with E-state index in [0.29, 0.717) is 0 Å². The Morgan fingerprint density at radius 3 is 2.11 bits per heavy atom. The lowest BCUT2D eigenvalue weighted by atomic mass is 9.93. The summed E-state index contributed by atoms with van der Waals surface area (Å²) in [5.74, 6) is 0.869. The van der Waals surface area contributed by atoms with Gasteiger partial charge in [-0.05, 0) is 49.6 Å². The third-order valence-electron chi connectivity index (χ3n) is 3.42. The number of ether oxygens (including phenoxy) is 1. The Kier molecular flexibility index (Phi) is 3.91. The summed E-state index contributed by atoms with van der Waals surface area (Å²) in [5, 5.41) is 0. The average Bonchev–Trinajstić information content (AvgIpc) is 2.36. The number of hydrogen-bond acceptors (Lipinski definition) is 2. The Balaban J connectivity index is 2.40. The van der Waals surface area contributed by atoms with Crippen molar-refractivity contribution in [1.29, 1.82) is 0 Å². The second kappa shape index (κ2) is 5.45. The van der Waals surface area contributed by atoms with Crippen molar-refractivity contribution in [3.8, 4) is 5.75 Å². The first-order valence-electron chi connectivity index (χ1n) is 6.49. The molecule has 2 nitrogen and oxygen atoms in total. The Morgan fingerprint density at radius 2 is 1.58 bits per heavy atom. The van der Waals surface area contributed by atoms with E-state index in [0.717, 1.165) is 22.4 Å². The fourth-order valence-corrected chi connectivity index (χ4v) is 2.49. The largest absolute Gasteiger partial charge is 0.497 e. The van der Waals surface area contributed by atoms with Gasteiger partial charge in [0.25, 0.3) is 0 Å².